The van der Waals surface area contributed by atoms with Gasteiger partial charge in [0.25, 0.3) is 10.0 Å². The standard InChI is InChI=1S/C27H29N3O4S/c1-19-9-13-24(14-10-19)35(33,34)30(23-7-4-6-20(2)16-23)18-26(31)28-22-12-11-21(3)25(17-22)29-15-5-8-27(29)32/h4,6-7,9-14,16-17H,5,8,15,18H2,1-3H3,(H,28,31). The largest absolute Gasteiger partial charge is 0.324 e. The number of hydrogen-bond donors (Lipinski definition) is 1. The maximum absolute atomic E-state index is 13.6. The Kier molecular flexibility index (Phi) is 6.93. The molecule has 3 aromatic rings. The minimum atomic E-state index is -3.99. The number of benzene rings is 3. The second-order valence-electron chi connectivity index (χ2n) is 8.86. The Balaban J connectivity index is 1.62. The predicted molar refractivity (Wildman–Crippen MR) is 138 cm³/mol. The quantitative estimate of drug-likeness (QED) is 0.524. The van der Waals surface area contributed by atoms with Crippen molar-refractivity contribution in [1.29, 1.82) is 0 Å². The van der Waals surface area contributed by atoms with Gasteiger partial charge in [-0.05, 0) is 74.7 Å². The second kappa shape index (κ2) is 9.92. The minimum Gasteiger partial charge on any atom is -0.324 e. The van der Waals surface area contributed by atoms with E-state index in [-0.39, 0.29) is 10.8 Å². The van der Waals surface area contributed by atoms with Crippen molar-refractivity contribution >= 4 is 38.9 Å². The van der Waals surface area contributed by atoms with Crippen LogP contribution in [0.1, 0.15) is 29.5 Å². The van der Waals surface area contributed by atoms with Gasteiger partial charge in [-0.3, -0.25) is 13.9 Å². The van der Waals surface area contributed by atoms with Crippen LogP contribution in [0.25, 0.3) is 0 Å². The fourth-order valence-electron chi connectivity index (χ4n) is 4.15. The molecule has 2 amide bonds. The Labute approximate surface area is 206 Å². The van der Waals surface area contributed by atoms with Gasteiger partial charge in [0, 0.05) is 24.3 Å². The van der Waals surface area contributed by atoms with E-state index in [1.54, 1.807) is 59.5 Å². The molecule has 35 heavy (non-hydrogen) atoms. The number of sulfonamides is 1. The number of carbonyl (C=O) groups is 2. The Morgan fingerprint density at radius 2 is 1.71 bits per heavy atom. The Bertz CT molecular complexity index is 1370. The SMILES string of the molecule is Cc1ccc(S(=O)(=O)N(CC(=O)Nc2ccc(C)c(N3CCCC3=O)c2)c2cccc(C)c2)cc1. The lowest BCUT2D eigenvalue weighted by Gasteiger charge is -2.25. The van der Waals surface area contributed by atoms with Gasteiger partial charge in [-0.1, -0.05) is 35.9 Å². The van der Waals surface area contributed by atoms with E-state index in [0.717, 1.165) is 33.1 Å². The Morgan fingerprint density at radius 3 is 2.37 bits per heavy atom. The monoisotopic (exact) mass is 491 g/mol. The van der Waals surface area contributed by atoms with Crippen molar-refractivity contribution in [3.8, 4) is 0 Å². The van der Waals surface area contributed by atoms with E-state index in [4.69, 9.17) is 0 Å². The maximum Gasteiger partial charge on any atom is 0.264 e. The summed E-state index contributed by atoms with van der Waals surface area (Å²) in [5.41, 5.74) is 4.43. The molecule has 7 nitrogen and oxygen atoms in total. The average Bonchev–Trinajstić information content (AvgIpc) is 3.24. The number of rotatable bonds is 7. The van der Waals surface area contributed by atoms with E-state index < -0.39 is 22.5 Å². The van der Waals surface area contributed by atoms with Gasteiger partial charge < -0.3 is 10.2 Å². The summed E-state index contributed by atoms with van der Waals surface area (Å²) >= 11 is 0. The van der Waals surface area contributed by atoms with Crippen LogP contribution in [-0.2, 0) is 19.6 Å². The van der Waals surface area contributed by atoms with Crippen LogP contribution >= 0.6 is 0 Å². The van der Waals surface area contributed by atoms with E-state index in [1.807, 2.05) is 32.9 Å². The smallest absolute Gasteiger partial charge is 0.264 e. The third kappa shape index (κ3) is 5.38. The molecule has 1 fully saturated rings. The highest BCUT2D eigenvalue weighted by atomic mass is 32.2. The Morgan fingerprint density at radius 1 is 0.971 bits per heavy atom. The molecular weight excluding hydrogens is 462 g/mol. The zero-order valence-corrected chi connectivity index (χ0v) is 20.9. The van der Waals surface area contributed by atoms with E-state index >= 15 is 0 Å². The number of carbonyl (C=O) groups excluding carboxylic acids is 2. The Hall–Kier alpha value is -3.65. The molecule has 1 saturated heterocycles. The molecule has 4 rings (SSSR count). The van der Waals surface area contributed by atoms with Crippen molar-refractivity contribution in [2.24, 2.45) is 0 Å². The predicted octanol–water partition coefficient (Wildman–Crippen LogP) is 4.57. The minimum absolute atomic E-state index is 0.0615. The zero-order valence-electron chi connectivity index (χ0n) is 20.1. The van der Waals surface area contributed by atoms with Crippen LogP contribution < -0.4 is 14.5 Å². The summed E-state index contributed by atoms with van der Waals surface area (Å²) < 4.78 is 28.2. The first kappa shape index (κ1) is 24.5. The second-order valence-corrected chi connectivity index (χ2v) is 10.7. The molecule has 8 heteroatoms. The summed E-state index contributed by atoms with van der Waals surface area (Å²) in [7, 11) is -3.99. The van der Waals surface area contributed by atoms with Crippen LogP contribution in [0.3, 0.4) is 0 Å². The molecular formula is C27H29N3O4S. The highest BCUT2D eigenvalue weighted by Gasteiger charge is 2.28. The van der Waals surface area contributed by atoms with Gasteiger partial charge in [-0.25, -0.2) is 8.42 Å². The first-order chi connectivity index (χ1) is 16.6. The normalized spacial score (nSPS) is 13.7. The van der Waals surface area contributed by atoms with Crippen LogP contribution in [0.5, 0.6) is 0 Å². The van der Waals surface area contributed by atoms with Crippen LogP contribution in [-0.4, -0.2) is 33.3 Å². The number of nitrogens with zero attached hydrogens (tertiary/aromatic N) is 2. The number of aryl methyl sites for hydroxylation is 3. The average molecular weight is 492 g/mol. The highest BCUT2D eigenvalue weighted by molar-refractivity contribution is 7.92. The van der Waals surface area contributed by atoms with Crippen molar-refractivity contribution in [3.05, 3.63) is 83.4 Å². The van der Waals surface area contributed by atoms with Crippen molar-refractivity contribution < 1.29 is 18.0 Å². The number of hydrogen-bond acceptors (Lipinski definition) is 4. The molecule has 0 atom stereocenters. The highest BCUT2D eigenvalue weighted by Crippen LogP contribution is 2.29. The molecule has 0 unspecified atom stereocenters. The molecule has 1 N–H and O–H groups in total. The summed E-state index contributed by atoms with van der Waals surface area (Å²) in [6, 6.07) is 19.0. The van der Waals surface area contributed by atoms with Gasteiger partial charge in [-0.2, -0.15) is 0 Å². The van der Waals surface area contributed by atoms with Crippen molar-refractivity contribution in [3.63, 3.8) is 0 Å². The molecule has 3 aromatic carbocycles. The molecule has 0 aliphatic carbocycles. The number of anilines is 3. The molecule has 1 aliphatic rings. The number of nitrogens with one attached hydrogen (secondary N) is 1. The maximum atomic E-state index is 13.6. The van der Waals surface area contributed by atoms with E-state index in [0.29, 0.717) is 24.3 Å². The summed E-state index contributed by atoms with van der Waals surface area (Å²) in [4.78, 5) is 27.2. The first-order valence-corrected chi connectivity index (χ1v) is 13.0. The third-order valence-electron chi connectivity index (χ3n) is 6.04. The van der Waals surface area contributed by atoms with Gasteiger partial charge in [0.2, 0.25) is 11.8 Å². The van der Waals surface area contributed by atoms with Crippen molar-refractivity contribution in [1.82, 2.24) is 0 Å². The van der Waals surface area contributed by atoms with Crippen molar-refractivity contribution in [2.45, 2.75) is 38.5 Å². The lowest BCUT2D eigenvalue weighted by atomic mass is 10.1. The molecule has 0 radical (unpaired) electrons. The lowest BCUT2D eigenvalue weighted by Crippen LogP contribution is -2.38. The summed E-state index contributed by atoms with van der Waals surface area (Å²) in [5, 5.41) is 2.81. The summed E-state index contributed by atoms with van der Waals surface area (Å²) in [5.74, 6) is -0.420. The molecule has 0 spiro atoms. The van der Waals surface area contributed by atoms with E-state index in [1.165, 1.54) is 0 Å². The molecule has 1 aliphatic heterocycles. The van der Waals surface area contributed by atoms with Gasteiger partial charge >= 0.3 is 0 Å². The van der Waals surface area contributed by atoms with Crippen LogP contribution in [0, 0.1) is 20.8 Å². The van der Waals surface area contributed by atoms with Crippen LogP contribution in [0.15, 0.2) is 71.6 Å². The van der Waals surface area contributed by atoms with Gasteiger partial charge in [0.05, 0.1) is 10.6 Å². The zero-order chi connectivity index (χ0) is 25.2. The summed E-state index contributed by atoms with van der Waals surface area (Å²) in [6.45, 7) is 5.92. The number of amides is 2. The van der Waals surface area contributed by atoms with Crippen LogP contribution in [0.2, 0.25) is 0 Å². The molecule has 1 heterocycles. The topological polar surface area (TPSA) is 86.8 Å². The molecule has 0 saturated carbocycles. The van der Waals surface area contributed by atoms with Gasteiger partial charge in [0.1, 0.15) is 6.54 Å². The third-order valence-corrected chi connectivity index (χ3v) is 7.83. The van der Waals surface area contributed by atoms with Crippen LogP contribution in [0.4, 0.5) is 17.1 Å². The lowest BCUT2D eigenvalue weighted by molar-refractivity contribution is -0.117. The first-order valence-electron chi connectivity index (χ1n) is 11.5. The van der Waals surface area contributed by atoms with Gasteiger partial charge in [-0.15, -0.1) is 0 Å². The summed E-state index contributed by atoms with van der Waals surface area (Å²) in [6.07, 6.45) is 1.32. The van der Waals surface area contributed by atoms with E-state index in [9.17, 15) is 18.0 Å². The molecule has 0 aromatic heterocycles. The fourth-order valence-corrected chi connectivity index (χ4v) is 5.56. The van der Waals surface area contributed by atoms with Crippen molar-refractivity contribution in [2.75, 3.05) is 27.6 Å². The molecule has 0 bridgehead atoms. The molecule has 182 valence electrons. The van der Waals surface area contributed by atoms with E-state index in [2.05, 4.69) is 5.32 Å². The van der Waals surface area contributed by atoms with Gasteiger partial charge in [0.15, 0.2) is 0 Å². The fraction of sp³-hybridized carbons (Fsp3) is 0.259.